The number of hydrogen-bond donors (Lipinski definition) is 1. The second-order valence-corrected chi connectivity index (χ2v) is 5.29. The maximum atomic E-state index is 8.76. The number of aliphatic hydroxyl groups is 1. The van der Waals surface area contributed by atoms with Gasteiger partial charge in [0.25, 0.3) is 0 Å². The molecule has 1 fully saturated rings. The zero-order valence-electron chi connectivity index (χ0n) is 7.40. The van der Waals surface area contributed by atoms with Crippen LogP contribution in [0.1, 0.15) is 23.0 Å². The topological polar surface area (TPSA) is 33.1 Å². The van der Waals surface area contributed by atoms with Crippen molar-refractivity contribution in [3.63, 3.8) is 0 Å². The zero-order chi connectivity index (χ0) is 9.10. The fourth-order valence-corrected chi connectivity index (χ4v) is 3.60. The first-order valence-corrected chi connectivity index (χ1v) is 6.56. The maximum absolute atomic E-state index is 8.76. The van der Waals surface area contributed by atoms with Crippen LogP contribution >= 0.6 is 23.1 Å². The van der Waals surface area contributed by atoms with Crippen molar-refractivity contribution in [3.05, 3.63) is 16.1 Å². The summed E-state index contributed by atoms with van der Waals surface area (Å²) in [5, 5.41) is 12.0. The minimum Gasteiger partial charge on any atom is -0.396 e. The Kier molecular flexibility index (Phi) is 3.24. The molecule has 72 valence electrons. The quantitative estimate of drug-likeness (QED) is 0.836. The van der Waals surface area contributed by atoms with Crippen molar-refractivity contribution in [2.45, 2.75) is 18.8 Å². The Bertz CT molecular complexity index is 268. The molecule has 1 atom stereocenters. The van der Waals surface area contributed by atoms with E-state index in [9.17, 15) is 0 Å². The Hall–Kier alpha value is -0.0600. The minimum atomic E-state index is 0.215. The molecule has 0 aliphatic carbocycles. The molecule has 0 saturated carbocycles. The Morgan fingerprint density at radius 1 is 1.62 bits per heavy atom. The van der Waals surface area contributed by atoms with Crippen LogP contribution in [0.15, 0.2) is 5.38 Å². The van der Waals surface area contributed by atoms with E-state index in [1.165, 1.54) is 23.6 Å². The molecule has 1 aliphatic heterocycles. The molecule has 2 heterocycles. The molecule has 1 saturated heterocycles. The highest BCUT2D eigenvalue weighted by atomic mass is 32.2. The predicted molar refractivity (Wildman–Crippen MR) is 57.6 cm³/mol. The van der Waals surface area contributed by atoms with Gasteiger partial charge in [-0.3, -0.25) is 0 Å². The molecule has 1 N–H and O–H groups in total. The summed E-state index contributed by atoms with van der Waals surface area (Å²) in [6.07, 6.45) is 1.98. The number of nitrogens with zero attached hydrogens (tertiary/aromatic N) is 1. The molecule has 0 aromatic carbocycles. The lowest BCUT2D eigenvalue weighted by Crippen LogP contribution is -1.97. The fraction of sp³-hybridized carbons (Fsp3) is 0.667. The highest BCUT2D eigenvalue weighted by Gasteiger charge is 2.19. The van der Waals surface area contributed by atoms with Gasteiger partial charge in [-0.25, -0.2) is 4.98 Å². The molecule has 0 radical (unpaired) electrons. The molecule has 13 heavy (non-hydrogen) atoms. The lowest BCUT2D eigenvalue weighted by Gasteiger charge is -2.01. The first kappa shape index (κ1) is 9.49. The average molecular weight is 215 g/mol. The van der Waals surface area contributed by atoms with Crippen LogP contribution in [0, 0.1) is 0 Å². The average Bonchev–Trinajstić information content (AvgIpc) is 2.70. The monoisotopic (exact) mass is 215 g/mol. The maximum Gasteiger partial charge on any atom is 0.0951 e. The van der Waals surface area contributed by atoms with Crippen LogP contribution < -0.4 is 0 Å². The summed E-state index contributed by atoms with van der Waals surface area (Å²) in [4.78, 5) is 4.53. The van der Waals surface area contributed by atoms with Gasteiger partial charge in [-0.15, -0.1) is 11.3 Å². The Morgan fingerprint density at radius 2 is 2.54 bits per heavy atom. The molecule has 1 aliphatic rings. The summed E-state index contributed by atoms with van der Waals surface area (Å²) in [6.45, 7) is 0.215. The second-order valence-electron chi connectivity index (χ2n) is 3.20. The van der Waals surface area contributed by atoms with Gasteiger partial charge in [0.05, 0.1) is 10.7 Å². The van der Waals surface area contributed by atoms with E-state index in [2.05, 4.69) is 10.4 Å². The molecule has 1 aromatic heterocycles. The molecular weight excluding hydrogens is 202 g/mol. The molecular formula is C9H13NOS2. The molecule has 1 unspecified atom stereocenters. The van der Waals surface area contributed by atoms with E-state index in [0.717, 1.165) is 5.01 Å². The molecule has 0 spiro atoms. The van der Waals surface area contributed by atoms with Crippen molar-refractivity contribution in [2.24, 2.45) is 0 Å². The predicted octanol–water partition coefficient (Wildman–Crippen LogP) is 1.90. The Labute approximate surface area is 86.4 Å². The van der Waals surface area contributed by atoms with Crippen LogP contribution in [0.25, 0.3) is 0 Å². The molecule has 0 bridgehead atoms. The molecule has 0 amide bonds. The first-order valence-electron chi connectivity index (χ1n) is 4.53. The summed E-state index contributed by atoms with van der Waals surface area (Å²) in [7, 11) is 0. The van der Waals surface area contributed by atoms with Gasteiger partial charge in [0.15, 0.2) is 0 Å². The van der Waals surface area contributed by atoms with Gasteiger partial charge >= 0.3 is 0 Å². The number of aromatic nitrogens is 1. The lowest BCUT2D eigenvalue weighted by molar-refractivity contribution is 0.299. The largest absolute Gasteiger partial charge is 0.396 e. The molecule has 2 nitrogen and oxygen atoms in total. The highest BCUT2D eigenvalue weighted by Crippen LogP contribution is 2.32. The van der Waals surface area contributed by atoms with Gasteiger partial charge in [0, 0.05) is 30.1 Å². The fourth-order valence-electron chi connectivity index (χ4n) is 1.49. The van der Waals surface area contributed by atoms with Gasteiger partial charge in [0.2, 0.25) is 0 Å². The van der Waals surface area contributed by atoms with Crippen molar-refractivity contribution in [3.8, 4) is 0 Å². The first-order chi connectivity index (χ1) is 6.40. The molecule has 1 aromatic rings. The van der Waals surface area contributed by atoms with Crippen molar-refractivity contribution >= 4 is 23.1 Å². The van der Waals surface area contributed by atoms with Crippen LogP contribution in [0.2, 0.25) is 0 Å². The second kappa shape index (κ2) is 4.44. The van der Waals surface area contributed by atoms with E-state index in [-0.39, 0.29) is 6.61 Å². The SMILES string of the molecule is OCCc1nc(C2CCSC2)cs1. The van der Waals surface area contributed by atoms with Crippen molar-refractivity contribution in [2.75, 3.05) is 18.1 Å². The van der Waals surface area contributed by atoms with E-state index in [1.807, 2.05) is 11.8 Å². The highest BCUT2D eigenvalue weighted by molar-refractivity contribution is 7.99. The normalized spacial score (nSPS) is 22.4. The zero-order valence-corrected chi connectivity index (χ0v) is 9.03. The Balaban J connectivity index is 2.03. The summed E-state index contributed by atoms with van der Waals surface area (Å²) >= 11 is 3.70. The number of thioether (sulfide) groups is 1. The molecule has 4 heteroatoms. The van der Waals surface area contributed by atoms with Gasteiger partial charge < -0.3 is 5.11 Å². The number of hydrogen-bond acceptors (Lipinski definition) is 4. The van der Waals surface area contributed by atoms with E-state index in [0.29, 0.717) is 12.3 Å². The van der Waals surface area contributed by atoms with Crippen LogP contribution in [0.4, 0.5) is 0 Å². The third-order valence-electron chi connectivity index (χ3n) is 2.24. The van der Waals surface area contributed by atoms with E-state index < -0.39 is 0 Å². The summed E-state index contributed by atoms with van der Waals surface area (Å²) in [6, 6.07) is 0. The van der Waals surface area contributed by atoms with Gasteiger partial charge in [-0.2, -0.15) is 11.8 Å². The Morgan fingerprint density at radius 3 is 3.23 bits per heavy atom. The standard InChI is InChI=1S/C9H13NOS2/c11-3-1-9-10-8(6-13-9)7-2-4-12-5-7/h6-7,11H,1-5H2. The van der Waals surface area contributed by atoms with Crippen LogP contribution in [0.3, 0.4) is 0 Å². The van der Waals surface area contributed by atoms with Crippen LogP contribution in [-0.2, 0) is 6.42 Å². The lowest BCUT2D eigenvalue weighted by atomic mass is 10.1. The van der Waals surface area contributed by atoms with Gasteiger partial charge in [-0.05, 0) is 12.2 Å². The number of aliphatic hydroxyl groups excluding tert-OH is 1. The number of thiazole rings is 1. The van der Waals surface area contributed by atoms with Crippen LogP contribution in [-0.4, -0.2) is 28.2 Å². The third kappa shape index (κ3) is 2.24. The molecule has 2 rings (SSSR count). The van der Waals surface area contributed by atoms with Crippen molar-refractivity contribution in [1.82, 2.24) is 4.98 Å². The van der Waals surface area contributed by atoms with Crippen molar-refractivity contribution < 1.29 is 5.11 Å². The smallest absolute Gasteiger partial charge is 0.0951 e. The van der Waals surface area contributed by atoms with Gasteiger partial charge in [-0.1, -0.05) is 0 Å². The minimum absolute atomic E-state index is 0.215. The van der Waals surface area contributed by atoms with E-state index in [4.69, 9.17) is 5.11 Å². The summed E-state index contributed by atoms with van der Waals surface area (Å²) < 4.78 is 0. The third-order valence-corrected chi connectivity index (χ3v) is 4.33. The van der Waals surface area contributed by atoms with Crippen LogP contribution in [0.5, 0.6) is 0 Å². The summed E-state index contributed by atoms with van der Waals surface area (Å²) in [5.41, 5.74) is 1.25. The van der Waals surface area contributed by atoms with Crippen molar-refractivity contribution in [1.29, 1.82) is 0 Å². The number of rotatable bonds is 3. The van der Waals surface area contributed by atoms with Gasteiger partial charge in [0.1, 0.15) is 0 Å². The van der Waals surface area contributed by atoms with E-state index >= 15 is 0 Å². The van der Waals surface area contributed by atoms with E-state index in [1.54, 1.807) is 11.3 Å². The summed E-state index contributed by atoms with van der Waals surface area (Å²) in [5.74, 6) is 3.17.